The van der Waals surface area contributed by atoms with Gasteiger partial charge in [0.1, 0.15) is 0 Å². The molecule has 2 N–H and O–H groups in total. The van der Waals surface area contributed by atoms with Crippen molar-refractivity contribution in [3.05, 3.63) is 34.3 Å². The second-order valence-electron chi connectivity index (χ2n) is 4.47. The molecule has 0 heterocycles. The highest BCUT2D eigenvalue weighted by Gasteiger charge is 2.10. The summed E-state index contributed by atoms with van der Waals surface area (Å²) in [7, 11) is 0. The first-order chi connectivity index (χ1) is 7.99. The van der Waals surface area contributed by atoms with Crippen LogP contribution in [-0.2, 0) is 4.79 Å². The molecule has 1 aromatic carbocycles. The van der Waals surface area contributed by atoms with E-state index >= 15 is 0 Å². The molecule has 0 aliphatic carbocycles. The van der Waals surface area contributed by atoms with Gasteiger partial charge in [0.2, 0.25) is 5.91 Å². The van der Waals surface area contributed by atoms with E-state index in [-0.39, 0.29) is 12.5 Å². The van der Waals surface area contributed by atoms with Crippen LogP contribution in [0.5, 0.6) is 0 Å². The Balaban J connectivity index is 2.42. The maximum atomic E-state index is 11.4. The van der Waals surface area contributed by atoms with Crippen LogP contribution in [0.4, 0.5) is 0 Å². The predicted molar refractivity (Wildman–Crippen MR) is 71.6 cm³/mol. The van der Waals surface area contributed by atoms with Crippen LogP contribution >= 0.6 is 15.9 Å². The number of rotatable bonds is 5. The van der Waals surface area contributed by atoms with Gasteiger partial charge < -0.3 is 10.4 Å². The molecule has 0 bridgehead atoms. The van der Waals surface area contributed by atoms with Crippen LogP contribution in [0.3, 0.4) is 0 Å². The smallest absolute Gasteiger partial charge is 0.220 e. The van der Waals surface area contributed by atoms with Crippen molar-refractivity contribution in [2.45, 2.75) is 26.4 Å². The van der Waals surface area contributed by atoms with E-state index in [1.807, 2.05) is 38.1 Å². The summed E-state index contributed by atoms with van der Waals surface area (Å²) in [5.41, 5.74) is 0.804. The van der Waals surface area contributed by atoms with Crippen LogP contribution in [-0.4, -0.2) is 17.6 Å². The molecule has 1 amide bonds. The molecule has 0 aliphatic heterocycles. The lowest BCUT2D eigenvalue weighted by Crippen LogP contribution is -2.29. The highest BCUT2D eigenvalue weighted by atomic mass is 79.9. The van der Waals surface area contributed by atoms with Crippen molar-refractivity contribution in [3.63, 3.8) is 0 Å². The second-order valence-corrected chi connectivity index (χ2v) is 5.39. The van der Waals surface area contributed by atoms with Gasteiger partial charge >= 0.3 is 0 Å². The predicted octanol–water partition coefficient (Wildman–Crippen LogP) is 2.64. The van der Waals surface area contributed by atoms with Crippen LogP contribution in [0, 0.1) is 5.92 Å². The zero-order valence-electron chi connectivity index (χ0n) is 10.1. The lowest BCUT2D eigenvalue weighted by molar-refractivity contribution is -0.122. The van der Waals surface area contributed by atoms with Crippen molar-refractivity contribution in [1.82, 2.24) is 5.32 Å². The molecule has 0 aliphatic rings. The highest BCUT2D eigenvalue weighted by Crippen LogP contribution is 2.16. The normalized spacial score (nSPS) is 12.5. The third kappa shape index (κ3) is 5.33. The molecule has 4 heteroatoms. The van der Waals surface area contributed by atoms with Crippen molar-refractivity contribution in [1.29, 1.82) is 0 Å². The average molecular weight is 300 g/mol. The van der Waals surface area contributed by atoms with Gasteiger partial charge in [0.05, 0.1) is 6.10 Å². The number of carbonyl (C=O) groups excluding carboxylic acids is 1. The maximum absolute atomic E-state index is 11.4. The number of amides is 1. The molecule has 0 saturated heterocycles. The van der Waals surface area contributed by atoms with E-state index in [1.165, 1.54) is 0 Å². The summed E-state index contributed by atoms with van der Waals surface area (Å²) in [5, 5.41) is 12.6. The quantitative estimate of drug-likeness (QED) is 0.878. The Morgan fingerprint density at radius 2 is 1.94 bits per heavy atom. The summed E-state index contributed by atoms with van der Waals surface area (Å²) in [6.07, 6.45) is -0.160. The van der Waals surface area contributed by atoms with Gasteiger partial charge in [-0.05, 0) is 23.6 Å². The highest BCUT2D eigenvalue weighted by molar-refractivity contribution is 9.10. The van der Waals surface area contributed by atoms with Gasteiger partial charge in [-0.25, -0.2) is 0 Å². The van der Waals surface area contributed by atoms with Crippen molar-refractivity contribution >= 4 is 21.8 Å². The standard InChI is InChI=1S/C13H18BrNO2/c1-9(2)7-13(17)15-8-12(16)10-3-5-11(14)6-4-10/h3-6,9,12,16H,7-8H2,1-2H3,(H,15,17). The summed E-state index contributed by atoms with van der Waals surface area (Å²) in [5.74, 6) is 0.316. The lowest BCUT2D eigenvalue weighted by atomic mass is 10.1. The molecular weight excluding hydrogens is 282 g/mol. The van der Waals surface area contributed by atoms with Gasteiger partial charge in [-0.15, -0.1) is 0 Å². The summed E-state index contributed by atoms with van der Waals surface area (Å²) in [6.45, 7) is 4.24. The fourth-order valence-electron chi connectivity index (χ4n) is 1.46. The zero-order chi connectivity index (χ0) is 12.8. The van der Waals surface area contributed by atoms with Crippen molar-refractivity contribution in [3.8, 4) is 0 Å². The van der Waals surface area contributed by atoms with Crippen LogP contribution in [0.1, 0.15) is 31.9 Å². The number of benzene rings is 1. The van der Waals surface area contributed by atoms with Gasteiger partial charge in [-0.1, -0.05) is 41.9 Å². The Morgan fingerprint density at radius 3 is 2.47 bits per heavy atom. The first-order valence-electron chi connectivity index (χ1n) is 5.69. The van der Waals surface area contributed by atoms with E-state index < -0.39 is 6.10 Å². The number of halogens is 1. The Bertz CT molecular complexity index is 362. The summed E-state index contributed by atoms with van der Waals surface area (Å²) in [6, 6.07) is 7.41. The summed E-state index contributed by atoms with van der Waals surface area (Å²) < 4.78 is 0.970. The van der Waals surface area contributed by atoms with E-state index in [4.69, 9.17) is 0 Å². The maximum Gasteiger partial charge on any atom is 0.220 e. The number of carbonyl (C=O) groups is 1. The minimum Gasteiger partial charge on any atom is -0.387 e. The van der Waals surface area contributed by atoms with Gasteiger partial charge in [-0.2, -0.15) is 0 Å². The minimum atomic E-state index is -0.654. The van der Waals surface area contributed by atoms with Gasteiger partial charge in [0.25, 0.3) is 0 Å². The molecule has 1 rings (SSSR count). The number of nitrogens with one attached hydrogen (secondary N) is 1. The molecular formula is C13H18BrNO2. The van der Waals surface area contributed by atoms with Gasteiger partial charge in [0.15, 0.2) is 0 Å². The topological polar surface area (TPSA) is 49.3 Å². The average Bonchev–Trinajstić information content (AvgIpc) is 2.26. The Hall–Kier alpha value is -0.870. The first kappa shape index (κ1) is 14.2. The van der Waals surface area contributed by atoms with Gasteiger partial charge in [-0.3, -0.25) is 4.79 Å². The van der Waals surface area contributed by atoms with Crippen LogP contribution in [0.15, 0.2) is 28.7 Å². The van der Waals surface area contributed by atoms with E-state index in [2.05, 4.69) is 21.2 Å². The molecule has 1 unspecified atom stereocenters. The van der Waals surface area contributed by atoms with Crippen molar-refractivity contribution < 1.29 is 9.90 Å². The lowest BCUT2D eigenvalue weighted by Gasteiger charge is -2.13. The number of hydrogen-bond acceptors (Lipinski definition) is 2. The minimum absolute atomic E-state index is 0.0174. The van der Waals surface area contributed by atoms with E-state index in [1.54, 1.807) is 0 Å². The Labute approximate surface area is 110 Å². The van der Waals surface area contributed by atoms with E-state index in [0.717, 1.165) is 10.0 Å². The van der Waals surface area contributed by atoms with Crippen LogP contribution < -0.4 is 5.32 Å². The van der Waals surface area contributed by atoms with Crippen LogP contribution in [0.25, 0.3) is 0 Å². The molecule has 3 nitrogen and oxygen atoms in total. The third-order valence-electron chi connectivity index (χ3n) is 2.34. The number of aliphatic hydroxyl groups excluding tert-OH is 1. The molecule has 0 radical (unpaired) electrons. The van der Waals surface area contributed by atoms with E-state index in [0.29, 0.717) is 12.3 Å². The largest absolute Gasteiger partial charge is 0.387 e. The van der Waals surface area contributed by atoms with Gasteiger partial charge in [0, 0.05) is 17.4 Å². The number of aliphatic hydroxyl groups is 1. The monoisotopic (exact) mass is 299 g/mol. The molecule has 1 atom stereocenters. The van der Waals surface area contributed by atoms with Crippen LogP contribution in [0.2, 0.25) is 0 Å². The fourth-order valence-corrected chi connectivity index (χ4v) is 1.72. The SMILES string of the molecule is CC(C)CC(=O)NCC(O)c1ccc(Br)cc1. The fraction of sp³-hybridized carbons (Fsp3) is 0.462. The molecule has 94 valence electrons. The summed E-state index contributed by atoms with van der Waals surface area (Å²) in [4.78, 5) is 11.4. The van der Waals surface area contributed by atoms with Crippen molar-refractivity contribution in [2.75, 3.05) is 6.54 Å². The molecule has 0 saturated carbocycles. The van der Waals surface area contributed by atoms with Crippen molar-refractivity contribution in [2.24, 2.45) is 5.92 Å². The Kier molecular flexibility index (Phi) is 5.65. The van der Waals surface area contributed by atoms with E-state index in [9.17, 15) is 9.90 Å². The molecule has 17 heavy (non-hydrogen) atoms. The summed E-state index contributed by atoms with van der Waals surface area (Å²) >= 11 is 3.33. The second kappa shape index (κ2) is 6.77. The molecule has 1 aromatic rings. The third-order valence-corrected chi connectivity index (χ3v) is 2.87. The zero-order valence-corrected chi connectivity index (χ0v) is 11.7. The Morgan fingerprint density at radius 1 is 1.35 bits per heavy atom. The molecule has 0 aromatic heterocycles. The number of hydrogen-bond donors (Lipinski definition) is 2. The molecule has 0 spiro atoms. The molecule has 0 fully saturated rings. The first-order valence-corrected chi connectivity index (χ1v) is 6.48.